The van der Waals surface area contributed by atoms with Gasteiger partial charge in [-0.05, 0) is 55.8 Å². The van der Waals surface area contributed by atoms with E-state index in [1.807, 2.05) is 62.4 Å². The summed E-state index contributed by atoms with van der Waals surface area (Å²) in [6.45, 7) is 4.47. The fourth-order valence-corrected chi connectivity index (χ4v) is 2.05. The third-order valence-electron chi connectivity index (χ3n) is 3.21. The Morgan fingerprint density at radius 1 is 1.17 bits per heavy atom. The lowest BCUT2D eigenvalue weighted by Gasteiger charge is -2.13. The van der Waals surface area contributed by atoms with Crippen LogP contribution in [0.5, 0.6) is 11.5 Å². The van der Waals surface area contributed by atoms with Crippen LogP contribution in [0.4, 0.5) is 5.69 Å². The lowest BCUT2D eigenvalue weighted by molar-refractivity contribution is 0.230. The Bertz CT molecular complexity index is 660. The Morgan fingerprint density at radius 3 is 2.50 bits per heavy atom. The minimum Gasteiger partial charge on any atom is -0.497 e. The van der Waals surface area contributed by atoms with Gasteiger partial charge >= 0.3 is 0 Å². The van der Waals surface area contributed by atoms with Crippen molar-refractivity contribution in [3.8, 4) is 11.5 Å². The molecule has 2 rings (SSSR count). The number of nitrogens with two attached hydrogens (primary N) is 1. The van der Waals surface area contributed by atoms with E-state index in [0.29, 0.717) is 12.5 Å². The molecule has 0 saturated heterocycles. The summed E-state index contributed by atoms with van der Waals surface area (Å²) in [7, 11) is 1.63. The number of hydrogen-bond donors (Lipinski definition) is 2. The topological polar surface area (TPSA) is 68.9 Å². The first-order valence-electron chi connectivity index (χ1n) is 7.51. The normalized spacial score (nSPS) is 12.0. The van der Waals surface area contributed by atoms with E-state index in [1.54, 1.807) is 7.11 Å². The number of aliphatic imine (C=N–C) groups is 1. The summed E-state index contributed by atoms with van der Waals surface area (Å²) in [6.07, 6.45) is -0.0620. The van der Waals surface area contributed by atoms with Gasteiger partial charge in [-0.3, -0.25) is 0 Å². The molecule has 0 saturated carbocycles. The second-order valence-corrected chi connectivity index (χ2v) is 5.32. The van der Waals surface area contributed by atoms with Crippen LogP contribution in [0.25, 0.3) is 0 Å². The predicted molar refractivity (Wildman–Crippen MR) is 110 cm³/mol. The number of anilines is 1. The summed E-state index contributed by atoms with van der Waals surface area (Å²) < 4.78 is 10.9. The second-order valence-electron chi connectivity index (χ2n) is 5.32. The SMILES string of the molecule is COc1ccc(NC(N)=NCC(C)Oc2cccc(C)c2)cc1.I. The number of aryl methyl sites for hydroxylation is 1. The summed E-state index contributed by atoms with van der Waals surface area (Å²) in [4.78, 5) is 4.31. The Hall–Kier alpha value is -1.96. The van der Waals surface area contributed by atoms with Gasteiger partial charge in [-0.25, -0.2) is 4.99 Å². The van der Waals surface area contributed by atoms with E-state index in [9.17, 15) is 0 Å². The van der Waals surface area contributed by atoms with Gasteiger partial charge in [0.1, 0.15) is 17.6 Å². The van der Waals surface area contributed by atoms with Crippen LogP contribution in [0.3, 0.4) is 0 Å². The number of methoxy groups -OCH3 is 1. The van der Waals surface area contributed by atoms with Gasteiger partial charge in [-0.1, -0.05) is 12.1 Å². The summed E-state index contributed by atoms with van der Waals surface area (Å²) in [6, 6.07) is 15.4. The Labute approximate surface area is 160 Å². The third-order valence-corrected chi connectivity index (χ3v) is 3.21. The summed E-state index contributed by atoms with van der Waals surface area (Å²) in [5, 5.41) is 3.04. The zero-order chi connectivity index (χ0) is 16.7. The van der Waals surface area contributed by atoms with Crippen LogP contribution in [0.1, 0.15) is 12.5 Å². The van der Waals surface area contributed by atoms with Crippen LogP contribution in [0, 0.1) is 6.92 Å². The van der Waals surface area contributed by atoms with Crippen molar-refractivity contribution in [1.82, 2.24) is 0 Å². The molecule has 0 aliphatic rings. The molecule has 1 unspecified atom stereocenters. The smallest absolute Gasteiger partial charge is 0.193 e. The van der Waals surface area contributed by atoms with Gasteiger partial charge in [0.15, 0.2) is 5.96 Å². The van der Waals surface area contributed by atoms with Gasteiger partial charge in [0.05, 0.1) is 13.7 Å². The number of nitrogens with one attached hydrogen (secondary N) is 1. The van der Waals surface area contributed by atoms with Gasteiger partial charge in [0.25, 0.3) is 0 Å². The predicted octanol–water partition coefficient (Wildman–Crippen LogP) is 3.82. The highest BCUT2D eigenvalue weighted by Gasteiger charge is 2.04. The number of hydrogen-bond acceptors (Lipinski definition) is 3. The first-order chi connectivity index (χ1) is 11.1. The van der Waals surface area contributed by atoms with E-state index in [1.165, 1.54) is 5.56 Å². The fourth-order valence-electron chi connectivity index (χ4n) is 2.05. The number of benzene rings is 2. The van der Waals surface area contributed by atoms with E-state index >= 15 is 0 Å². The molecule has 3 N–H and O–H groups in total. The molecule has 0 bridgehead atoms. The largest absolute Gasteiger partial charge is 0.497 e. The van der Waals surface area contributed by atoms with Crippen LogP contribution in [-0.2, 0) is 0 Å². The molecule has 0 fully saturated rings. The second kappa shape index (κ2) is 10.0. The highest BCUT2D eigenvalue weighted by Crippen LogP contribution is 2.15. The quantitative estimate of drug-likeness (QED) is 0.407. The van der Waals surface area contributed by atoms with Crippen molar-refractivity contribution in [2.24, 2.45) is 10.7 Å². The minimum atomic E-state index is -0.0620. The van der Waals surface area contributed by atoms with Crippen molar-refractivity contribution in [1.29, 1.82) is 0 Å². The standard InChI is InChI=1S/C18H23N3O2.HI/c1-13-5-4-6-17(11-13)23-14(2)12-20-18(19)21-15-7-9-16(22-3)10-8-15;/h4-11,14H,12H2,1-3H3,(H3,19,20,21);1H. The Kier molecular flexibility index (Phi) is 8.39. The average Bonchev–Trinajstić information content (AvgIpc) is 2.54. The molecular formula is C18H24IN3O2. The molecule has 2 aromatic carbocycles. The van der Waals surface area contributed by atoms with Crippen molar-refractivity contribution in [3.63, 3.8) is 0 Å². The molecule has 24 heavy (non-hydrogen) atoms. The molecule has 5 nitrogen and oxygen atoms in total. The van der Waals surface area contributed by atoms with Crippen LogP contribution < -0.4 is 20.5 Å². The maximum Gasteiger partial charge on any atom is 0.193 e. The van der Waals surface area contributed by atoms with Gasteiger partial charge in [0, 0.05) is 5.69 Å². The lowest BCUT2D eigenvalue weighted by Crippen LogP contribution is -2.25. The van der Waals surface area contributed by atoms with Crippen molar-refractivity contribution in [3.05, 3.63) is 54.1 Å². The highest BCUT2D eigenvalue weighted by molar-refractivity contribution is 14.0. The van der Waals surface area contributed by atoms with E-state index < -0.39 is 0 Å². The van der Waals surface area contributed by atoms with E-state index in [4.69, 9.17) is 15.2 Å². The van der Waals surface area contributed by atoms with Crippen LogP contribution in [0.2, 0.25) is 0 Å². The number of nitrogens with zero attached hydrogens (tertiary/aromatic N) is 1. The summed E-state index contributed by atoms with van der Waals surface area (Å²) >= 11 is 0. The van der Waals surface area contributed by atoms with Crippen molar-refractivity contribution in [2.45, 2.75) is 20.0 Å². The fraction of sp³-hybridized carbons (Fsp3) is 0.278. The molecule has 0 aliphatic heterocycles. The minimum absolute atomic E-state index is 0. The molecule has 0 heterocycles. The molecular weight excluding hydrogens is 417 g/mol. The van der Waals surface area contributed by atoms with E-state index in [-0.39, 0.29) is 30.1 Å². The number of rotatable bonds is 6. The zero-order valence-corrected chi connectivity index (χ0v) is 16.5. The Balaban J connectivity index is 0.00000288. The molecule has 2 aromatic rings. The maximum absolute atomic E-state index is 5.89. The highest BCUT2D eigenvalue weighted by atomic mass is 127. The third kappa shape index (κ3) is 6.66. The Morgan fingerprint density at radius 2 is 1.88 bits per heavy atom. The van der Waals surface area contributed by atoms with Gasteiger partial charge in [-0.2, -0.15) is 0 Å². The molecule has 0 amide bonds. The molecule has 0 aromatic heterocycles. The van der Waals surface area contributed by atoms with E-state index in [2.05, 4.69) is 10.3 Å². The number of guanidine groups is 1. The first kappa shape index (κ1) is 20.1. The molecule has 130 valence electrons. The van der Waals surface area contributed by atoms with Crippen LogP contribution >= 0.6 is 24.0 Å². The van der Waals surface area contributed by atoms with Gasteiger partial charge in [0.2, 0.25) is 0 Å². The molecule has 6 heteroatoms. The molecule has 0 spiro atoms. The van der Waals surface area contributed by atoms with Crippen LogP contribution in [-0.4, -0.2) is 25.7 Å². The van der Waals surface area contributed by atoms with Gasteiger partial charge in [-0.15, -0.1) is 24.0 Å². The molecule has 1 atom stereocenters. The average molecular weight is 441 g/mol. The summed E-state index contributed by atoms with van der Waals surface area (Å²) in [5.74, 6) is 2.00. The molecule has 0 aliphatic carbocycles. The van der Waals surface area contributed by atoms with Crippen LogP contribution in [0.15, 0.2) is 53.5 Å². The van der Waals surface area contributed by atoms with Gasteiger partial charge < -0.3 is 20.5 Å². The maximum atomic E-state index is 5.89. The monoisotopic (exact) mass is 441 g/mol. The number of halogens is 1. The zero-order valence-electron chi connectivity index (χ0n) is 14.2. The van der Waals surface area contributed by atoms with Crippen molar-refractivity contribution in [2.75, 3.05) is 19.0 Å². The number of ether oxygens (including phenoxy) is 2. The van der Waals surface area contributed by atoms with Crippen molar-refractivity contribution < 1.29 is 9.47 Å². The summed E-state index contributed by atoms with van der Waals surface area (Å²) in [5.41, 5.74) is 7.92. The molecule has 0 radical (unpaired) electrons. The van der Waals surface area contributed by atoms with Crippen molar-refractivity contribution >= 4 is 35.6 Å². The first-order valence-corrected chi connectivity index (χ1v) is 7.51. The lowest BCUT2D eigenvalue weighted by atomic mass is 10.2. The van der Waals surface area contributed by atoms with E-state index in [0.717, 1.165) is 17.2 Å².